The van der Waals surface area contributed by atoms with E-state index in [1.807, 2.05) is 0 Å². The zero-order valence-electron chi connectivity index (χ0n) is 13.4. The van der Waals surface area contributed by atoms with Gasteiger partial charge in [-0.05, 0) is 57.0 Å². The number of hydrogen-bond acceptors (Lipinski definition) is 3. The van der Waals surface area contributed by atoms with E-state index in [4.69, 9.17) is 5.11 Å². The predicted octanol–water partition coefficient (Wildman–Crippen LogP) is 2.50. The van der Waals surface area contributed by atoms with E-state index in [1.165, 1.54) is 38.9 Å². The van der Waals surface area contributed by atoms with Gasteiger partial charge in [-0.3, -0.25) is 0 Å². The van der Waals surface area contributed by atoms with E-state index in [1.54, 1.807) is 0 Å². The molecule has 19 heavy (non-hydrogen) atoms. The van der Waals surface area contributed by atoms with Gasteiger partial charge in [0.05, 0.1) is 0 Å². The van der Waals surface area contributed by atoms with Crippen molar-refractivity contribution in [2.75, 3.05) is 32.8 Å². The maximum Gasteiger partial charge on any atom is 0.0436 e. The molecule has 0 aromatic heterocycles. The normalized spacial score (nSPS) is 23.5. The second-order valence-electron chi connectivity index (χ2n) is 7.01. The molecular formula is C16H34N2O. The van der Waals surface area contributed by atoms with Gasteiger partial charge in [0.1, 0.15) is 0 Å². The van der Waals surface area contributed by atoms with Crippen LogP contribution in [0.2, 0.25) is 0 Å². The molecule has 0 aromatic carbocycles. The van der Waals surface area contributed by atoms with Crippen molar-refractivity contribution in [3.05, 3.63) is 0 Å². The van der Waals surface area contributed by atoms with Crippen LogP contribution in [-0.4, -0.2) is 48.8 Å². The fourth-order valence-corrected chi connectivity index (χ4v) is 3.01. The molecular weight excluding hydrogens is 236 g/mol. The molecule has 0 aliphatic carbocycles. The van der Waals surface area contributed by atoms with Crippen LogP contribution in [0.15, 0.2) is 0 Å². The van der Waals surface area contributed by atoms with Gasteiger partial charge in [-0.1, -0.05) is 20.8 Å². The summed E-state index contributed by atoms with van der Waals surface area (Å²) in [5.74, 6) is 0.783. The van der Waals surface area contributed by atoms with Crippen molar-refractivity contribution in [1.82, 2.24) is 10.2 Å². The first-order chi connectivity index (χ1) is 8.98. The number of nitrogens with zero attached hydrogens (tertiary/aromatic N) is 1. The van der Waals surface area contributed by atoms with Crippen LogP contribution in [0.5, 0.6) is 0 Å². The molecule has 0 saturated carbocycles. The van der Waals surface area contributed by atoms with E-state index in [-0.39, 0.29) is 12.0 Å². The van der Waals surface area contributed by atoms with Crippen molar-refractivity contribution in [2.45, 2.75) is 59.4 Å². The molecule has 1 saturated heterocycles. The van der Waals surface area contributed by atoms with Crippen molar-refractivity contribution < 1.29 is 5.11 Å². The van der Waals surface area contributed by atoms with Crippen LogP contribution >= 0.6 is 0 Å². The summed E-state index contributed by atoms with van der Waals surface area (Å²) in [7, 11) is 0. The monoisotopic (exact) mass is 270 g/mol. The standard InChI is InChI=1S/C16H34N2O/c1-5-9-18-10-6-7-15(12-18)14(2)17-13-16(3,4)8-11-19/h14-15,17,19H,5-13H2,1-4H3. The molecule has 1 fully saturated rings. The van der Waals surface area contributed by atoms with Crippen molar-refractivity contribution in [1.29, 1.82) is 0 Å². The van der Waals surface area contributed by atoms with Crippen LogP contribution in [-0.2, 0) is 0 Å². The lowest BCUT2D eigenvalue weighted by molar-refractivity contribution is 0.141. The van der Waals surface area contributed by atoms with Gasteiger partial charge < -0.3 is 15.3 Å². The van der Waals surface area contributed by atoms with E-state index in [2.05, 4.69) is 37.9 Å². The number of rotatable bonds is 8. The van der Waals surface area contributed by atoms with Crippen molar-refractivity contribution in [3.8, 4) is 0 Å². The quantitative estimate of drug-likeness (QED) is 0.711. The summed E-state index contributed by atoms with van der Waals surface area (Å²) in [5.41, 5.74) is 0.195. The lowest BCUT2D eigenvalue weighted by atomic mass is 9.87. The third-order valence-electron chi connectivity index (χ3n) is 4.48. The summed E-state index contributed by atoms with van der Waals surface area (Å²) in [6.45, 7) is 14.1. The number of nitrogens with one attached hydrogen (secondary N) is 1. The molecule has 3 heteroatoms. The topological polar surface area (TPSA) is 35.5 Å². The van der Waals surface area contributed by atoms with Gasteiger partial charge in [-0.25, -0.2) is 0 Å². The Morgan fingerprint density at radius 3 is 2.79 bits per heavy atom. The SMILES string of the molecule is CCCN1CCCC(C(C)NCC(C)(C)CCO)C1. The Morgan fingerprint density at radius 1 is 1.42 bits per heavy atom. The summed E-state index contributed by atoms with van der Waals surface area (Å²) < 4.78 is 0. The highest BCUT2D eigenvalue weighted by molar-refractivity contribution is 4.82. The Kier molecular flexibility index (Phi) is 7.33. The maximum atomic E-state index is 9.08. The van der Waals surface area contributed by atoms with Crippen molar-refractivity contribution in [3.63, 3.8) is 0 Å². The van der Waals surface area contributed by atoms with Gasteiger partial charge in [0.2, 0.25) is 0 Å². The van der Waals surface area contributed by atoms with Crippen LogP contribution in [0.1, 0.15) is 53.4 Å². The molecule has 0 aromatic rings. The summed E-state index contributed by atoms with van der Waals surface area (Å²) in [4.78, 5) is 2.62. The highest BCUT2D eigenvalue weighted by Gasteiger charge is 2.25. The number of aliphatic hydroxyl groups is 1. The van der Waals surface area contributed by atoms with Crippen molar-refractivity contribution in [2.24, 2.45) is 11.3 Å². The van der Waals surface area contributed by atoms with E-state index < -0.39 is 0 Å². The zero-order valence-corrected chi connectivity index (χ0v) is 13.4. The summed E-state index contributed by atoms with van der Waals surface area (Å²) in [5, 5.41) is 12.8. The summed E-state index contributed by atoms with van der Waals surface area (Å²) >= 11 is 0. The number of aliphatic hydroxyl groups excluding tert-OH is 1. The Morgan fingerprint density at radius 2 is 2.16 bits per heavy atom. The third kappa shape index (κ3) is 6.24. The first-order valence-corrected chi connectivity index (χ1v) is 8.05. The second kappa shape index (κ2) is 8.23. The molecule has 2 N–H and O–H groups in total. The van der Waals surface area contributed by atoms with Gasteiger partial charge in [-0.15, -0.1) is 0 Å². The maximum absolute atomic E-state index is 9.08. The third-order valence-corrected chi connectivity index (χ3v) is 4.48. The number of likely N-dealkylation sites (tertiary alicyclic amines) is 1. The molecule has 114 valence electrons. The molecule has 1 heterocycles. The van der Waals surface area contributed by atoms with Gasteiger partial charge in [-0.2, -0.15) is 0 Å². The van der Waals surface area contributed by atoms with E-state index in [0.717, 1.165) is 18.9 Å². The van der Waals surface area contributed by atoms with Crippen LogP contribution in [0.3, 0.4) is 0 Å². The average molecular weight is 270 g/mol. The molecule has 0 amide bonds. The van der Waals surface area contributed by atoms with E-state index in [0.29, 0.717) is 6.04 Å². The lowest BCUT2D eigenvalue weighted by Gasteiger charge is -2.37. The molecule has 0 spiro atoms. The predicted molar refractivity (Wildman–Crippen MR) is 82.4 cm³/mol. The molecule has 0 radical (unpaired) electrons. The fraction of sp³-hybridized carbons (Fsp3) is 1.00. The molecule has 1 aliphatic rings. The molecule has 3 nitrogen and oxygen atoms in total. The minimum absolute atomic E-state index is 0.195. The highest BCUT2D eigenvalue weighted by Crippen LogP contribution is 2.22. The Bertz CT molecular complexity index is 241. The first-order valence-electron chi connectivity index (χ1n) is 8.05. The first kappa shape index (κ1) is 16.9. The van der Waals surface area contributed by atoms with Crippen LogP contribution in [0, 0.1) is 11.3 Å². The lowest BCUT2D eigenvalue weighted by Crippen LogP contribution is -2.46. The smallest absolute Gasteiger partial charge is 0.0436 e. The Balaban J connectivity index is 2.34. The Labute approximate surface area is 119 Å². The zero-order chi connectivity index (χ0) is 14.3. The average Bonchev–Trinajstić information content (AvgIpc) is 2.37. The highest BCUT2D eigenvalue weighted by atomic mass is 16.3. The van der Waals surface area contributed by atoms with E-state index in [9.17, 15) is 0 Å². The number of piperidine rings is 1. The van der Waals surface area contributed by atoms with Crippen LogP contribution < -0.4 is 5.32 Å². The van der Waals surface area contributed by atoms with E-state index >= 15 is 0 Å². The van der Waals surface area contributed by atoms with Gasteiger partial charge >= 0.3 is 0 Å². The van der Waals surface area contributed by atoms with Gasteiger partial charge in [0.25, 0.3) is 0 Å². The number of hydrogen-bond donors (Lipinski definition) is 2. The minimum atomic E-state index is 0.195. The fourth-order valence-electron chi connectivity index (χ4n) is 3.01. The van der Waals surface area contributed by atoms with Gasteiger partial charge in [0, 0.05) is 25.7 Å². The van der Waals surface area contributed by atoms with Gasteiger partial charge in [0.15, 0.2) is 0 Å². The molecule has 2 unspecified atom stereocenters. The molecule has 1 aliphatic heterocycles. The summed E-state index contributed by atoms with van der Waals surface area (Å²) in [6.07, 6.45) is 4.84. The molecule has 1 rings (SSSR count). The summed E-state index contributed by atoms with van der Waals surface area (Å²) in [6, 6.07) is 0.581. The largest absolute Gasteiger partial charge is 0.396 e. The molecule has 2 atom stereocenters. The Hall–Kier alpha value is -0.120. The van der Waals surface area contributed by atoms with Crippen LogP contribution in [0.4, 0.5) is 0 Å². The minimum Gasteiger partial charge on any atom is -0.396 e. The van der Waals surface area contributed by atoms with Crippen molar-refractivity contribution >= 4 is 0 Å². The van der Waals surface area contributed by atoms with Crippen LogP contribution in [0.25, 0.3) is 0 Å². The molecule has 0 bridgehead atoms. The second-order valence-corrected chi connectivity index (χ2v) is 7.01.